The molecule has 1 aromatic rings. The molecule has 0 spiro atoms. The van der Waals surface area contributed by atoms with Gasteiger partial charge in [0.25, 0.3) is 0 Å². The lowest BCUT2D eigenvalue weighted by Crippen LogP contribution is -2.12. The molecule has 1 unspecified atom stereocenters. The molecule has 3 heteroatoms. The molecular weight excluding hydrogens is 128 g/mol. The summed E-state index contributed by atoms with van der Waals surface area (Å²) >= 11 is 0. The lowest BCUT2D eigenvalue weighted by molar-refractivity contribution is 0.417. The van der Waals surface area contributed by atoms with E-state index in [1.165, 1.54) is 0 Å². The fourth-order valence-corrected chi connectivity index (χ4v) is 1.01. The van der Waals surface area contributed by atoms with Gasteiger partial charge in [0.05, 0.1) is 6.04 Å². The molecule has 0 aromatic carbocycles. The zero-order valence-corrected chi connectivity index (χ0v) is 5.37. The standard InChI is InChI=1S/C7H7N2O/c1-2-7(8-3-1)6-4-9-10-5-6/h1-2,5,7-8H,3H2. The van der Waals surface area contributed by atoms with Crippen molar-refractivity contribution in [1.82, 2.24) is 10.5 Å². The van der Waals surface area contributed by atoms with Crippen LogP contribution in [0.4, 0.5) is 0 Å². The fraction of sp³-hybridized carbons (Fsp3) is 0.286. The Morgan fingerprint density at radius 1 is 1.80 bits per heavy atom. The Morgan fingerprint density at radius 2 is 2.80 bits per heavy atom. The quantitative estimate of drug-likeness (QED) is 0.575. The highest BCUT2D eigenvalue weighted by Crippen LogP contribution is 2.15. The predicted molar refractivity (Wildman–Crippen MR) is 35.2 cm³/mol. The van der Waals surface area contributed by atoms with Crippen molar-refractivity contribution in [1.29, 1.82) is 0 Å². The average Bonchev–Trinajstić information content (AvgIpc) is 2.59. The minimum Gasteiger partial charge on any atom is -0.364 e. The monoisotopic (exact) mass is 135 g/mol. The third-order valence-electron chi connectivity index (χ3n) is 1.53. The number of hydrogen-bond donors (Lipinski definition) is 1. The first kappa shape index (κ1) is 5.68. The maximum atomic E-state index is 4.65. The highest BCUT2D eigenvalue weighted by Gasteiger charge is 2.11. The Balaban J connectivity index is 2.20. The van der Waals surface area contributed by atoms with E-state index in [0.717, 1.165) is 12.1 Å². The van der Waals surface area contributed by atoms with Gasteiger partial charge in [-0.15, -0.1) is 0 Å². The Labute approximate surface area is 58.7 Å². The van der Waals surface area contributed by atoms with Crippen LogP contribution in [0, 0.1) is 6.20 Å². The zero-order valence-electron chi connectivity index (χ0n) is 5.37. The van der Waals surface area contributed by atoms with E-state index in [4.69, 9.17) is 0 Å². The van der Waals surface area contributed by atoms with Crippen molar-refractivity contribution in [3.05, 3.63) is 30.2 Å². The smallest absolute Gasteiger partial charge is 0.141 e. The Kier molecular flexibility index (Phi) is 1.29. The van der Waals surface area contributed by atoms with Crippen LogP contribution in [0.3, 0.4) is 0 Å². The van der Waals surface area contributed by atoms with Crippen molar-refractivity contribution < 1.29 is 4.52 Å². The van der Waals surface area contributed by atoms with Gasteiger partial charge in [-0.05, 0) is 0 Å². The number of rotatable bonds is 1. The van der Waals surface area contributed by atoms with Crippen LogP contribution in [-0.4, -0.2) is 11.7 Å². The summed E-state index contributed by atoms with van der Waals surface area (Å²) in [6, 6.07) is 0.256. The minimum absolute atomic E-state index is 0.256. The lowest BCUT2D eigenvalue weighted by atomic mass is 10.2. The number of hydrogen-bond acceptors (Lipinski definition) is 3. The van der Waals surface area contributed by atoms with Gasteiger partial charge in [-0.3, -0.25) is 0 Å². The van der Waals surface area contributed by atoms with E-state index < -0.39 is 0 Å². The second kappa shape index (κ2) is 2.27. The molecule has 1 aliphatic heterocycles. The first-order chi connectivity index (χ1) is 4.97. The molecule has 51 valence electrons. The van der Waals surface area contributed by atoms with Gasteiger partial charge in [0.15, 0.2) is 0 Å². The summed E-state index contributed by atoms with van der Waals surface area (Å²) in [4.78, 5) is 0. The Morgan fingerprint density at radius 3 is 3.40 bits per heavy atom. The molecule has 3 nitrogen and oxygen atoms in total. The number of nitrogens with one attached hydrogen (secondary N) is 1. The molecule has 0 fully saturated rings. The van der Waals surface area contributed by atoms with Crippen LogP contribution < -0.4 is 5.32 Å². The van der Waals surface area contributed by atoms with Crippen molar-refractivity contribution in [2.24, 2.45) is 0 Å². The molecule has 10 heavy (non-hydrogen) atoms. The molecule has 1 radical (unpaired) electrons. The highest BCUT2D eigenvalue weighted by molar-refractivity contribution is 5.17. The van der Waals surface area contributed by atoms with Crippen LogP contribution in [0.15, 0.2) is 22.9 Å². The second-order valence-electron chi connectivity index (χ2n) is 2.20. The maximum Gasteiger partial charge on any atom is 0.141 e. The van der Waals surface area contributed by atoms with Crippen LogP contribution in [-0.2, 0) is 0 Å². The van der Waals surface area contributed by atoms with E-state index in [0.29, 0.717) is 0 Å². The van der Waals surface area contributed by atoms with Crippen molar-refractivity contribution in [2.45, 2.75) is 6.04 Å². The van der Waals surface area contributed by atoms with Crippen LogP contribution in [0.5, 0.6) is 0 Å². The van der Waals surface area contributed by atoms with Gasteiger partial charge in [-0.25, -0.2) is 0 Å². The minimum atomic E-state index is 0.256. The van der Waals surface area contributed by atoms with Gasteiger partial charge in [0, 0.05) is 12.1 Å². The number of nitrogens with zero attached hydrogens (tertiary/aromatic N) is 1. The molecular formula is C7H7N2O. The molecule has 2 heterocycles. The van der Waals surface area contributed by atoms with Gasteiger partial charge in [-0.2, -0.15) is 0 Å². The summed E-state index contributed by atoms with van der Waals surface area (Å²) < 4.78 is 4.65. The van der Waals surface area contributed by atoms with E-state index in [9.17, 15) is 0 Å². The van der Waals surface area contributed by atoms with E-state index in [-0.39, 0.29) is 6.04 Å². The summed E-state index contributed by atoms with van der Waals surface area (Å²) in [7, 11) is 0. The first-order valence-electron chi connectivity index (χ1n) is 3.19. The Hall–Kier alpha value is -1.09. The van der Waals surface area contributed by atoms with Crippen molar-refractivity contribution >= 4 is 0 Å². The average molecular weight is 135 g/mol. The normalized spacial score (nSPS) is 23.8. The largest absolute Gasteiger partial charge is 0.364 e. The topological polar surface area (TPSA) is 38.1 Å². The fourth-order valence-electron chi connectivity index (χ4n) is 1.01. The van der Waals surface area contributed by atoms with Gasteiger partial charge in [-0.1, -0.05) is 17.3 Å². The third-order valence-corrected chi connectivity index (χ3v) is 1.53. The molecule has 0 bridgehead atoms. The van der Waals surface area contributed by atoms with E-state index in [2.05, 4.69) is 33.3 Å². The van der Waals surface area contributed by atoms with Crippen LogP contribution in [0.25, 0.3) is 0 Å². The van der Waals surface area contributed by atoms with Gasteiger partial charge >= 0.3 is 0 Å². The summed E-state index contributed by atoms with van der Waals surface area (Å²) in [6.07, 6.45) is 8.50. The third kappa shape index (κ3) is 0.844. The maximum absolute atomic E-state index is 4.65. The van der Waals surface area contributed by atoms with Crippen LogP contribution in [0.1, 0.15) is 11.6 Å². The summed E-state index contributed by atoms with van der Waals surface area (Å²) in [5.74, 6) is 0. The number of aromatic nitrogens is 1. The van der Waals surface area contributed by atoms with Crippen molar-refractivity contribution in [3.63, 3.8) is 0 Å². The van der Waals surface area contributed by atoms with Gasteiger partial charge in [0.1, 0.15) is 12.5 Å². The zero-order chi connectivity index (χ0) is 6.81. The molecule has 1 atom stereocenters. The van der Waals surface area contributed by atoms with Crippen LogP contribution in [0.2, 0.25) is 0 Å². The molecule has 0 amide bonds. The molecule has 1 aliphatic rings. The van der Waals surface area contributed by atoms with Crippen LogP contribution >= 0.6 is 0 Å². The second-order valence-corrected chi connectivity index (χ2v) is 2.20. The summed E-state index contributed by atoms with van der Waals surface area (Å²) in [5.41, 5.74) is 0.966. The van der Waals surface area contributed by atoms with E-state index in [1.54, 1.807) is 6.26 Å². The molecule has 2 rings (SSSR count). The van der Waals surface area contributed by atoms with Crippen molar-refractivity contribution in [2.75, 3.05) is 6.54 Å². The SMILES string of the molecule is [c]1nocc1C1C=CCN1. The Bertz CT molecular complexity index is 228. The van der Waals surface area contributed by atoms with Gasteiger partial charge < -0.3 is 9.84 Å². The molecule has 0 aliphatic carbocycles. The van der Waals surface area contributed by atoms with E-state index >= 15 is 0 Å². The summed E-state index contributed by atoms with van der Waals surface area (Å²) in [6.45, 7) is 0.920. The molecule has 1 N–H and O–H groups in total. The molecule has 1 aromatic heterocycles. The highest BCUT2D eigenvalue weighted by atomic mass is 16.5. The van der Waals surface area contributed by atoms with E-state index in [1.807, 2.05) is 0 Å². The molecule has 0 saturated heterocycles. The lowest BCUT2D eigenvalue weighted by Gasteiger charge is -2.01. The van der Waals surface area contributed by atoms with Gasteiger partial charge in [0.2, 0.25) is 0 Å². The first-order valence-corrected chi connectivity index (χ1v) is 3.19. The molecule has 0 saturated carbocycles. The predicted octanol–water partition coefficient (Wildman–Crippen LogP) is 0.675. The van der Waals surface area contributed by atoms with Crippen molar-refractivity contribution in [3.8, 4) is 0 Å². The summed E-state index contributed by atoms with van der Waals surface area (Å²) in [5, 5.41) is 6.71.